The lowest BCUT2D eigenvalue weighted by atomic mass is 10.2. The fourth-order valence-electron chi connectivity index (χ4n) is 2.96. The van der Waals surface area contributed by atoms with E-state index in [1.807, 2.05) is 0 Å². The van der Waals surface area contributed by atoms with Crippen LogP contribution in [0.4, 0.5) is 0 Å². The Morgan fingerprint density at radius 3 is 2.44 bits per heavy atom. The number of carbonyl (C=O) groups excluding carboxylic acids is 3. The van der Waals surface area contributed by atoms with Gasteiger partial charge < -0.3 is 19.5 Å². The van der Waals surface area contributed by atoms with Gasteiger partial charge in [-0.1, -0.05) is 23.7 Å². The predicted octanol–water partition coefficient (Wildman–Crippen LogP) is 3.85. The number of amides is 2. The highest BCUT2D eigenvalue weighted by Gasteiger charge is 2.14. The molecule has 2 N–H and O–H groups in total. The van der Waals surface area contributed by atoms with Crippen molar-refractivity contribution in [1.82, 2.24) is 10.7 Å². The number of hydrogen-bond donors (Lipinski definition) is 2. The Balaban J connectivity index is 1.57. The second-order valence-electron chi connectivity index (χ2n) is 7.21. The number of ether oxygens (including phenoxy) is 3. The highest BCUT2D eigenvalue weighted by molar-refractivity contribution is 6.33. The van der Waals surface area contributed by atoms with E-state index >= 15 is 0 Å². The number of hydrogen-bond acceptors (Lipinski definition) is 7. The molecular formula is C26H24ClN3O6. The summed E-state index contributed by atoms with van der Waals surface area (Å²) in [5.74, 6) is -0.350. The fraction of sp³-hybridized carbons (Fsp3) is 0.154. The van der Waals surface area contributed by atoms with Crippen LogP contribution in [0.3, 0.4) is 0 Å². The number of nitrogens with one attached hydrogen (secondary N) is 2. The Labute approximate surface area is 213 Å². The first-order chi connectivity index (χ1) is 17.4. The summed E-state index contributed by atoms with van der Waals surface area (Å²) in [6, 6.07) is 17.9. The van der Waals surface area contributed by atoms with Crippen LogP contribution in [0, 0.1) is 0 Å². The molecule has 0 bridgehead atoms. The Morgan fingerprint density at radius 2 is 1.75 bits per heavy atom. The van der Waals surface area contributed by atoms with Crippen molar-refractivity contribution in [3.05, 3.63) is 88.4 Å². The normalized spacial score (nSPS) is 10.5. The highest BCUT2D eigenvalue weighted by Crippen LogP contribution is 2.29. The SMILES string of the molecule is CCOc1cc(C=NNC(=O)CNC(=O)c2ccccc2Cl)ccc1OC(=O)c1ccc(OC)cc1. The summed E-state index contributed by atoms with van der Waals surface area (Å²) in [5, 5.41) is 6.65. The third-order valence-electron chi connectivity index (χ3n) is 4.73. The Morgan fingerprint density at radius 1 is 1.00 bits per heavy atom. The number of methoxy groups -OCH3 is 1. The van der Waals surface area contributed by atoms with Crippen molar-refractivity contribution in [1.29, 1.82) is 0 Å². The fourth-order valence-corrected chi connectivity index (χ4v) is 3.18. The Hall–Kier alpha value is -4.37. The van der Waals surface area contributed by atoms with Gasteiger partial charge in [-0.25, -0.2) is 10.2 Å². The van der Waals surface area contributed by atoms with E-state index in [9.17, 15) is 14.4 Å². The van der Waals surface area contributed by atoms with E-state index < -0.39 is 17.8 Å². The maximum Gasteiger partial charge on any atom is 0.343 e. The van der Waals surface area contributed by atoms with Gasteiger partial charge >= 0.3 is 5.97 Å². The van der Waals surface area contributed by atoms with Gasteiger partial charge in [0.05, 0.1) is 42.6 Å². The van der Waals surface area contributed by atoms with Gasteiger partial charge in [0.25, 0.3) is 11.8 Å². The van der Waals surface area contributed by atoms with Crippen LogP contribution >= 0.6 is 11.6 Å². The molecule has 0 atom stereocenters. The molecule has 0 radical (unpaired) electrons. The largest absolute Gasteiger partial charge is 0.497 e. The molecule has 0 aliphatic heterocycles. The van der Waals surface area contributed by atoms with Crippen LogP contribution in [-0.4, -0.2) is 44.3 Å². The topological polar surface area (TPSA) is 115 Å². The zero-order chi connectivity index (χ0) is 25.9. The average molecular weight is 510 g/mol. The third-order valence-corrected chi connectivity index (χ3v) is 5.06. The molecule has 2 amide bonds. The molecule has 0 heterocycles. The molecule has 186 valence electrons. The lowest BCUT2D eigenvalue weighted by molar-refractivity contribution is -0.120. The molecule has 3 rings (SSSR count). The zero-order valence-electron chi connectivity index (χ0n) is 19.6. The summed E-state index contributed by atoms with van der Waals surface area (Å²) >= 11 is 5.97. The van der Waals surface area contributed by atoms with Crippen LogP contribution < -0.4 is 25.0 Å². The maximum absolute atomic E-state index is 12.5. The highest BCUT2D eigenvalue weighted by atomic mass is 35.5. The van der Waals surface area contributed by atoms with E-state index in [-0.39, 0.29) is 22.9 Å². The minimum atomic E-state index is -0.550. The number of benzene rings is 3. The van der Waals surface area contributed by atoms with Gasteiger partial charge in [-0.3, -0.25) is 9.59 Å². The predicted molar refractivity (Wildman–Crippen MR) is 135 cm³/mol. The average Bonchev–Trinajstić information content (AvgIpc) is 2.89. The van der Waals surface area contributed by atoms with Crippen LogP contribution in [-0.2, 0) is 4.79 Å². The standard InChI is InChI=1S/C26H24ClN3O6/c1-3-35-23-14-17(8-13-22(23)36-26(33)18-9-11-19(34-2)12-10-18)15-29-30-24(31)16-28-25(32)20-6-4-5-7-21(20)27/h4-15H,3,16H2,1-2H3,(H,28,32)(H,30,31). The van der Waals surface area contributed by atoms with Gasteiger partial charge in [0.15, 0.2) is 11.5 Å². The van der Waals surface area contributed by atoms with Crippen LogP contribution in [0.15, 0.2) is 71.8 Å². The molecule has 0 spiro atoms. The summed E-state index contributed by atoms with van der Waals surface area (Å²) in [6.45, 7) is 1.86. The Kier molecular flexibility index (Phi) is 9.41. The van der Waals surface area contributed by atoms with Gasteiger partial charge in [-0.05, 0) is 67.1 Å². The van der Waals surface area contributed by atoms with E-state index in [2.05, 4.69) is 15.8 Å². The lowest BCUT2D eigenvalue weighted by Crippen LogP contribution is -2.35. The first-order valence-corrected chi connectivity index (χ1v) is 11.3. The van der Waals surface area contributed by atoms with Crippen LogP contribution in [0.5, 0.6) is 17.2 Å². The van der Waals surface area contributed by atoms with Crippen molar-refractivity contribution >= 4 is 35.6 Å². The molecule has 3 aromatic rings. The molecule has 0 unspecified atom stereocenters. The smallest absolute Gasteiger partial charge is 0.343 e. The van der Waals surface area contributed by atoms with Gasteiger partial charge in [-0.15, -0.1) is 0 Å². The van der Waals surface area contributed by atoms with E-state index in [0.29, 0.717) is 29.2 Å². The van der Waals surface area contributed by atoms with Gasteiger partial charge in [0, 0.05) is 0 Å². The van der Waals surface area contributed by atoms with Gasteiger partial charge in [0.1, 0.15) is 5.75 Å². The van der Waals surface area contributed by atoms with Crippen molar-refractivity contribution in [3.8, 4) is 17.2 Å². The van der Waals surface area contributed by atoms with Crippen molar-refractivity contribution in [2.24, 2.45) is 5.10 Å². The number of rotatable bonds is 10. The van der Waals surface area contributed by atoms with Crippen LogP contribution in [0.25, 0.3) is 0 Å². The first kappa shape index (κ1) is 26.2. The molecule has 0 aromatic heterocycles. The molecule has 0 aliphatic rings. The molecule has 36 heavy (non-hydrogen) atoms. The first-order valence-electron chi connectivity index (χ1n) is 10.9. The monoisotopic (exact) mass is 509 g/mol. The van der Waals surface area contributed by atoms with Crippen molar-refractivity contribution in [2.75, 3.05) is 20.3 Å². The summed E-state index contributed by atoms with van der Waals surface area (Å²) in [5.41, 5.74) is 3.54. The van der Waals surface area contributed by atoms with Crippen LogP contribution in [0.1, 0.15) is 33.2 Å². The van der Waals surface area contributed by atoms with Crippen molar-refractivity contribution in [2.45, 2.75) is 6.92 Å². The molecule has 0 saturated heterocycles. The minimum absolute atomic E-state index is 0.237. The number of halogens is 1. The maximum atomic E-state index is 12.5. The molecule has 9 nitrogen and oxygen atoms in total. The number of nitrogens with zero attached hydrogens (tertiary/aromatic N) is 1. The molecule has 0 aliphatic carbocycles. The molecule has 10 heteroatoms. The molecule has 0 saturated carbocycles. The summed E-state index contributed by atoms with van der Waals surface area (Å²) in [7, 11) is 1.54. The van der Waals surface area contributed by atoms with E-state index in [4.69, 9.17) is 25.8 Å². The second kappa shape index (κ2) is 12.9. The minimum Gasteiger partial charge on any atom is -0.497 e. The number of hydrazone groups is 1. The molecule has 3 aromatic carbocycles. The molecular weight excluding hydrogens is 486 g/mol. The van der Waals surface area contributed by atoms with Crippen molar-refractivity contribution in [3.63, 3.8) is 0 Å². The zero-order valence-corrected chi connectivity index (χ0v) is 20.4. The quantitative estimate of drug-likeness (QED) is 0.186. The summed E-state index contributed by atoms with van der Waals surface area (Å²) < 4.78 is 16.2. The lowest BCUT2D eigenvalue weighted by Gasteiger charge is -2.11. The Bertz CT molecular complexity index is 1260. The van der Waals surface area contributed by atoms with E-state index in [0.717, 1.165) is 0 Å². The van der Waals surface area contributed by atoms with Crippen molar-refractivity contribution < 1.29 is 28.6 Å². The summed E-state index contributed by atoms with van der Waals surface area (Å²) in [6.07, 6.45) is 1.39. The third kappa shape index (κ3) is 7.31. The number of carbonyl (C=O) groups is 3. The van der Waals surface area contributed by atoms with E-state index in [1.165, 1.54) is 13.3 Å². The van der Waals surface area contributed by atoms with E-state index in [1.54, 1.807) is 73.7 Å². The van der Waals surface area contributed by atoms with Crippen LogP contribution in [0.2, 0.25) is 5.02 Å². The summed E-state index contributed by atoms with van der Waals surface area (Å²) in [4.78, 5) is 36.6. The molecule has 0 fully saturated rings. The van der Waals surface area contributed by atoms with Gasteiger partial charge in [-0.2, -0.15) is 5.10 Å². The van der Waals surface area contributed by atoms with Gasteiger partial charge in [0.2, 0.25) is 0 Å². The second-order valence-corrected chi connectivity index (χ2v) is 7.62. The number of esters is 1.